The number of hydrogen-bond acceptors (Lipinski definition) is 11. The third-order valence-corrected chi connectivity index (χ3v) is 10.8. The summed E-state index contributed by atoms with van der Waals surface area (Å²) < 4.78 is 7.56. The van der Waals surface area contributed by atoms with Gasteiger partial charge in [0.05, 0.1) is 35.8 Å². The first-order chi connectivity index (χ1) is 28.9. The van der Waals surface area contributed by atoms with Crippen LogP contribution in [0, 0.1) is 17.8 Å². The quantitative estimate of drug-likeness (QED) is 0.0622. The van der Waals surface area contributed by atoms with Crippen molar-refractivity contribution in [3.8, 4) is 0 Å². The van der Waals surface area contributed by atoms with Gasteiger partial charge in [0.15, 0.2) is 11.6 Å². The van der Waals surface area contributed by atoms with Crippen LogP contribution in [-0.4, -0.2) is 89.7 Å². The molecule has 1 saturated heterocycles. The molecule has 1 unspecified atom stereocenters. The first-order valence-electron chi connectivity index (χ1n) is 21.1. The number of ketones is 1. The lowest BCUT2D eigenvalue weighted by atomic mass is 9.92. The van der Waals surface area contributed by atoms with E-state index in [1.165, 1.54) is 9.80 Å². The van der Waals surface area contributed by atoms with Crippen LogP contribution in [0.4, 0.5) is 16.3 Å². The van der Waals surface area contributed by atoms with Crippen molar-refractivity contribution in [1.29, 1.82) is 0 Å². The van der Waals surface area contributed by atoms with Crippen molar-refractivity contribution in [2.24, 2.45) is 17.8 Å². The molecule has 5 rings (SSSR count). The summed E-state index contributed by atoms with van der Waals surface area (Å²) in [6, 6.07) is 13.6. The molecule has 0 radical (unpaired) electrons. The molecule has 2 aromatic heterocycles. The number of unbranched alkanes of at least 4 members (excludes halogenated alkanes) is 2. The Kier molecular flexibility index (Phi) is 15.2. The van der Waals surface area contributed by atoms with Crippen molar-refractivity contribution in [2.75, 3.05) is 24.1 Å². The predicted molar refractivity (Wildman–Crippen MR) is 232 cm³/mol. The Labute approximate surface area is 356 Å². The fraction of sp³-hybridized carbons (Fsp3) is 0.511. The summed E-state index contributed by atoms with van der Waals surface area (Å²) >= 11 is 0. The van der Waals surface area contributed by atoms with Crippen LogP contribution in [0.5, 0.6) is 0 Å². The number of amides is 5. The lowest BCUT2D eigenvalue weighted by molar-refractivity contribution is -0.139. The van der Waals surface area contributed by atoms with Crippen LogP contribution in [0.1, 0.15) is 98.4 Å². The maximum atomic E-state index is 13.4. The van der Waals surface area contributed by atoms with Crippen molar-refractivity contribution in [3.63, 3.8) is 0 Å². The molecular formula is C45H60N8O8. The molecule has 1 aliphatic heterocycles. The Bertz CT molecular complexity index is 2250. The maximum Gasteiger partial charge on any atom is 0.410 e. The number of likely N-dealkylation sites (tertiary alicyclic amines) is 1. The molecule has 4 aromatic rings. The first kappa shape index (κ1) is 46.2. The number of nitrogens with one attached hydrogen (secondary N) is 2. The highest BCUT2D eigenvalue weighted by Gasteiger charge is 2.35. The number of para-hydroxylation sites is 1. The molecule has 0 aliphatic carbocycles. The molecule has 16 nitrogen and oxygen atoms in total. The third kappa shape index (κ3) is 11.9. The van der Waals surface area contributed by atoms with Crippen LogP contribution in [0.15, 0.2) is 48.5 Å². The smallest absolute Gasteiger partial charge is 0.410 e. The zero-order valence-electron chi connectivity index (χ0n) is 36.3. The Morgan fingerprint density at radius 2 is 1.72 bits per heavy atom. The molecule has 5 N–H and O–H groups in total. The van der Waals surface area contributed by atoms with E-state index in [-0.39, 0.29) is 86.0 Å². The van der Waals surface area contributed by atoms with Gasteiger partial charge < -0.3 is 35.7 Å². The lowest BCUT2D eigenvalue weighted by Crippen LogP contribution is -2.45. The van der Waals surface area contributed by atoms with Gasteiger partial charge in [0, 0.05) is 55.3 Å². The van der Waals surface area contributed by atoms with E-state index in [1.54, 1.807) is 52.0 Å². The van der Waals surface area contributed by atoms with E-state index in [2.05, 4.69) is 15.6 Å². The minimum atomic E-state index is -1.10. The van der Waals surface area contributed by atoms with Crippen LogP contribution in [-0.2, 0) is 48.4 Å². The van der Waals surface area contributed by atoms with E-state index < -0.39 is 23.7 Å². The molecule has 1 aliphatic rings. The summed E-state index contributed by atoms with van der Waals surface area (Å²) in [4.78, 5) is 88.7. The summed E-state index contributed by atoms with van der Waals surface area (Å²) in [7, 11) is 0. The minimum absolute atomic E-state index is 0.0294. The standard InChI is InChI=1S/C45H60N8O8/c1-8-51(24-35-49-39-40(53(35)26-45(6,7)60)32-14-11-12-15-33(32)48-41(39)46)44(59)61-25-30-17-19-31(20-18-30)47-42(57)28(4)22-34(54)38(27(2)3)50-36(55)16-10-9-13-21-52-37(56)23-29(5)43(52)58/h11-12,14-15,17-20,27-29,38,60H,8-10,13,16,21-26H2,1-7H3,(H2,46,48)(H,47,57)(H,50,55)/t28-,29?,38+/m1/s1. The van der Waals surface area contributed by atoms with Crippen LogP contribution in [0.25, 0.3) is 21.9 Å². The van der Waals surface area contributed by atoms with Gasteiger partial charge in [-0.25, -0.2) is 14.8 Å². The monoisotopic (exact) mass is 840 g/mol. The highest BCUT2D eigenvalue weighted by atomic mass is 16.6. The van der Waals surface area contributed by atoms with Crippen molar-refractivity contribution >= 4 is 68.9 Å². The molecule has 328 valence electrons. The van der Waals surface area contributed by atoms with Gasteiger partial charge in [-0.05, 0) is 63.3 Å². The number of imidazole rings is 1. The number of carbonyl (C=O) groups is 6. The number of pyridine rings is 1. The summed E-state index contributed by atoms with van der Waals surface area (Å²) in [5.74, 6) is -1.52. The molecule has 0 spiro atoms. The number of hydrogen-bond donors (Lipinski definition) is 4. The Morgan fingerprint density at radius 3 is 2.36 bits per heavy atom. The summed E-state index contributed by atoms with van der Waals surface area (Å²) in [5, 5.41) is 17.3. The molecule has 61 heavy (non-hydrogen) atoms. The van der Waals surface area contributed by atoms with Crippen LogP contribution in [0.2, 0.25) is 0 Å². The van der Waals surface area contributed by atoms with Crippen molar-refractivity contribution in [1.82, 2.24) is 29.7 Å². The molecular weight excluding hydrogens is 781 g/mol. The molecule has 16 heteroatoms. The maximum absolute atomic E-state index is 13.4. The SMILES string of the molecule is CCN(Cc1nc2c(N)nc3ccccc3c2n1CC(C)(C)O)C(=O)OCc1ccc(NC(=O)[C@H](C)CC(=O)[C@@H](NC(=O)CCCCCN2C(=O)CC(C)C2=O)C(C)C)cc1. The van der Waals surface area contributed by atoms with Crippen LogP contribution >= 0.6 is 0 Å². The highest BCUT2D eigenvalue weighted by molar-refractivity contribution is 6.06. The molecule has 0 saturated carbocycles. The summed E-state index contributed by atoms with van der Waals surface area (Å²) in [6.07, 6.45) is 1.64. The molecule has 0 bridgehead atoms. The number of nitrogen functional groups attached to an aromatic ring is 1. The second kappa shape index (κ2) is 20.1. The number of anilines is 2. The number of fused-ring (bicyclic) bond motifs is 3. The number of carbonyl (C=O) groups excluding carboxylic acids is 6. The van der Waals surface area contributed by atoms with E-state index >= 15 is 0 Å². The van der Waals surface area contributed by atoms with Gasteiger partial charge in [0.2, 0.25) is 23.6 Å². The fourth-order valence-corrected chi connectivity index (χ4v) is 7.45. The van der Waals surface area contributed by atoms with E-state index in [4.69, 9.17) is 15.5 Å². The highest BCUT2D eigenvalue weighted by Crippen LogP contribution is 2.31. The lowest BCUT2D eigenvalue weighted by Gasteiger charge is -2.24. The Hall–Kier alpha value is -5.90. The van der Waals surface area contributed by atoms with Crippen molar-refractivity contribution in [3.05, 3.63) is 59.9 Å². The predicted octanol–water partition coefficient (Wildman–Crippen LogP) is 5.73. The number of nitrogens with two attached hydrogens (primary N) is 1. The second-order valence-corrected chi connectivity index (χ2v) is 17.1. The minimum Gasteiger partial charge on any atom is -0.445 e. The Balaban J connectivity index is 1.09. The fourth-order valence-electron chi connectivity index (χ4n) is 7.45. The van der Waals surface area contributed by atoms with Gasteiger partial charge in [-0.15, -0.1) is 0 Å². The number of aliphatic hydroxyl groups is 1. The zero-order chi connectivity index (χ0) is 44.6. The van der Waals surface area contributed by atoms with Crippen LogP contribution in [0.3, 0.4) is 0 Å². The van der Waals surface area contributed by atoms with E-state index in [0.29, 0.717) is 60.5 Å². The molecule has 3 atom stereocenters. The van der Waals surface area contributed by atoms with Gasteiger partial charge in [-0.2, -0.15) is 0 Å². The number of benzene rings is 2. The van der Waals surface area contributed by atoms with Crippen LogP contribution < -0.4 is 16.4 Å². The number of imide groups is 1. The van der Waals surface area contributed by atoms with Gasteiger partial charge in [0.1, 0.15) is 17.9 Å². The zero-order valence-corrected chi connectivity index (χ0v) is 36.3. The number of Topliss-reactive ketones (excluding diaryl/α,β-unsaturated/α-hetero) is 1. The topological polar surface area (TPSA) is 219 Å². The average Bonchev–Trinajstić information content (AvgIpc) is 3.68. The number of aromatic nitrogens is 3. The van der Waals surface area contributed by atoms with E-state index in [9.17, 15) is 33.9 Å². The van der Waals surface area contributed by atoms with Crippen molar-refractivity contribution < 1.29 is 38.6 Å². The molecule has 2 aromatic carbocycles. The average molecular weight is 841 g/mol. The van der Waals surface area contributed by atoms with E-state index in [1.807, 2.05) is 49.6 Å². The largest absolute Gasteiger partial charge is 0.445 e. The second-order valence-electron chi connectivity index (χ2n) is 17.1. The molecule has 3 heterocycles. The number of nitrogens with zero attached hydrogens (tertiary/aromatic N) is 5. The van der Waals surface area contributed by atoms with Gasteiger partial charge in [-0.1, -0.05) is 64.4 Å². The molecule has 5 amide bonds. The molecule has 1 fully saturated rings. The third-order valence-electron chi connectivity index (χ3n) is 10.8. The summed E-state index contributed by atoms with van der Waals surface area (Å²) in [6.45, 7) is 13.2. The normalized spacial score (nSPS) is 15.4. The summed E-state index contributed by atoms with van der Waals surface area (Å²) in [5.41, 5.74) is 8.34. The van der Waals surface area contributed by atoms with Crippen molar-refractivity contribution in [2.45, 2.75) is 118 Å². The van der Waals surface area contributed by atoms with Gasteiger partial charge in [-0.3, -0.25) is 28.9 Å². The first-order valence-corrected chi connectivity index (χ1v) is 21.1. The number of ether oxygens (including phenoxy) is 1. The number of rotatable bonds is 20. The van der Waals surface area contributed by atoms with E-state index in [0.717, 1.165) is 10.9 Å². The Morgan fingerprint density at radius 1 is 1.02 bits per heavy atom. The van der Waals surface area contributed by atoms with Gasteiger partial charge in [0.25, 0.3) is 0 Å². The van der Waals surface area contributed by atoms with Gasteiger partial charge >= 0.3 is 6.09 Å².